The molecule has 0 saturated carbocycles. The zero-order valence-electron chi connectivity index (χ0n) is 17.3. The van der Waals surface area contributed by atoms with Crippen molar-refractivity contribution in [3.63, 3.8) is 0 Å². The van der Waals surface area contributed by atoms with Crippen LogP contribution in [0.15, 0.2) is 72.8 Å². The number of aromatic nitrogens is 2. The lowest BCUT2D eigenvalue weighted by molar-refractivity contribution is 0.391. The van der Waals surface area contributed by atoms with E-state index in [9.17, 15) is 0 Å². The number of hydrogen-bond acceptors (Lipinski definition) is 5. The van der Waals surface area contributed by atoms with Crippen molar-refractivity contribution in [3.8, 4) is 11.5 Å². The zero-order valence-corrected chi connectivity index (χ0v) is 17.3. The van der Waals surface area contributed by atoms with E-state index in [0.29, 0.717) is 6.54 Å². The Morgan fingerprint density at radius 1 is 0.800 bits per heavy atom. The quantitative estimate of drug-likeness (QED) is 0.450. The van der Waals surface area contributed by atoms with Crippen LogP contribution in [-0.2, 0) is 19.4 Å². The van der Waals surface area contributed by atoms with E-state index < -0.39 is 0 Å². The minimum absolute atomic E-state index is 0.590. The first-order valence-corrected chi connectivity index (χ1v) is 10.0. The van der Waals surface area contributed by atoms with Crippen LogP contribution in [0.1, 0.15) is 17.0 Å². The predicted molar refractivity (Wildman–Crippen MR) is 120 cm³/mol. The predicted octanol–water partition coefficient (Wildman–Crippen LogP) is 5.04. The maximum Gasteiger partial charge on any atom is 0.137 e. The molecule has 0 aliphatic heterocycles. The molecule has 1 heterocycles. The lowest BCUT2D eigenvalue weighted by Crippen LogP contribution is -2.07. The van der Waals surface area contributed by atoms with E-state index in [0.717, 1.165) is 52.4 Å². The van der Waals surface area contributed by atoms with Gasteiger partial charge in [0, 0.05) is 30.0 Å². The molecular weight excluding hydrogens is 374 g/mol. The lowest BCUT2D eigenvalue weighted by atomic mass is 10.1. The largest absolute Gasteiger partial charge is 0.497 e. The summed E-state index contributed by atoms with van der Waals surface area (Å²) in [4.78, 5) is 9.60. The number of nitrogens with zero attached hydrogens (tertiary/aromatic N) is 2. The van der Waals surface area contributed by atoms with Gasteiger partial charge in [0.15, 0.2) is 0 Å². The second-order valence-corrected chi connectivity index (χ2v) is 7.02. The molecule has 0 radical (unpaired) electrons. The molecule has 0 fully saturated rings. The van der Waals surface area contributed by atoms with Gasteiger partial charge in [0.2, 0.25) is 0 Å². The molecular formula is C25H25N3O2. The molecule has 1 N–H and O–H groups in total. The topological polar surface area (TPSA) is 56.3 Å². The molecule has 5 heteroatoms. The maximum atomic E-state index is 5.52. The minimum Gasteiger partial charge on any atom is -0.497 e. The van der Waals surface area contributed by atoms with Crippen molar-refractivity contribution >= 4 is 16.7 Å². The fourth-order valence-corrected chi connectivity index (χ4v) is 3.45. The van der Waals surface area contributed by atoms with E-state index in [1.54, 1.807) is 14.2 Å². The lowest BCUT2D eigenvalue weighted by Gasteiger charge is -2.14. The van der Waals surface area contributed by atoms with Crippen molar-refractivity contribution in [2.75, 3.05) is 19.5 Å². The van der Waals surface area contributed by atoms with Crippen molar-refractivity contribution in [1.82, 2.24) is 9.97 Å². The van der Waals surface area contributed by atoms with E-state index in [2.05, 4.69) is 29.6 Å². The molecule has 3 aromatic carbocycles. The molecule has 0 atom stereocenters. The molecule has 0 saturated heterocycles. The van der Waals surface area contributed by atoms with Crippen molar-refractivity contribution < 1.29 is 9.47 Å². The summed E-state index contributed by atoms with van der Waals surface area (Å²) in [6, 6.07) is 24.3. The van der Waals surface area contributed by atoms with Crippen LogP contribution in [0, 0.1) is 0 Å². The number of anilines is 1. The van der Waals surface area contributed by atoms with Crippen LogP contribution < -0.4 is 14.8 Å². The summed E-state index contributed by atoms with van der Waals surface area (Å²) >= 11 is 0. The second-order valence-electron chi connectivity index (χ2n) is 7.02. The Kier molecular flexibility index (Phi) is 6.09. The number of methoxy groups -OCH3 is 2. The van der Waals surface area contributed by atoms with Crippen LogP contribution in [0.5, 0.6) is 11.5 Å². The molecule has 0 amide bonds. The molecule has 30 heavy (non-hydrogen) atoms. The molecule has 0 unspecified atom stereocenters. The van der Waals surface area contributed by atoms with Gasteiger partial charge in [-0.3, -0.25) is 0 Å². The van der Waals surface area contributed by atoms with Crippen LogP contribution in [0.3, 0.4) is 0 Å². The normalized spacial score (nSPS) is 10.7. The number of rotatable bonds is 8. The van der Waals surface area contributed by atoms with Gasteiger partial charge in [-0.05, 0) is 36.2 Å². The SMILES string of the molecule is COc1ccc(CNc2nc(CCc3ccccc3)nc3ccccc23)c(OC)c1. The average Bonchev–Trinajstić information content (AvgIpc) is 2.81. The Morgan fingerprint density at radius 3 is 2.40 bits per heavy atom. The zero-order chi connectivity index (χ0) is 20.8. The number of para-hydroxylation sites is 1. The molecule has 4 aromatic rings. The number of hydrogen-bond donors (Lipinski definition) is 1. The van der Waals surface area contributed by atoms with Crippen LogP contribution in [0.25, 0.3) is 10.9 Å². The highest BCUT2D eigenvalue weighted by molar-refractivity contribution is 5.89. The van der Waals surface area contributed by atoms with Gasteiger partial charge in [-0.15, -0.1) is 0 Å². The fourth-order valence-electron chi connectivity index (χ4n) is 3.45. The Hall–Kier alpha value is -3.60. The summed E-state index contributed by atoms with van der Waals surface area (Å²) in [7, 11) is 3.32. The van der Waals surface area contributed by atoms with E-state index in [4.69, 9.17) is 19.4 Å². The minimum atomic E-state index is 0.590. The summed E-state index contributed by atoms with van der Waals surface area (Å²) in [5.41, 5.74) is 3.26. The van der Waals surface area contributed by atoms with Gasteiger partial charge in [-0.2, -0.15) is 0 Å². The first-order valence-electron chi connectivity index (χ1n) is 10.0. The highest BCUT2D eigenvalue weighted by Crippen LogP contribution is 2.27. The maximum absolute atomic E-state index is 5.52. The molecule has 5 nitrogen and oxygen atoms in total. The summed E-state index contributed by atoms with van der Waals surface area (Å²) in [5.74, 6) is 3.22. The van der Waals surface area contributed by atoms with Gasteiger partial charge in [-0.25, -0.2) is 9.97 Å². The summed E-state index contributed by atoms with van der Waals surface area (Å²) < 4.78 is 10.8. The number of benzene rings is 3. The molecule has 152 valence electrons. The van der Waals surface area contributed by atoms with Crippen molar-refractivity contribution in [1.29, 1.82) is 0 Å². The number of fused-ring (bicyclic) bond motifs is 1. The Labute approximate surface area is 176 Å². The third kappa shape index (κ3) is 4.51. The molecule has 0 aliphatic carbocycles. The van der Waals surface area contributed by atoms with Gasteiger partial charge in [0.05, 0.1) is 19.7 Å². The van der Waals surface area contributed by atoms with Crippen molar-refractivity contribution in [2.24, 2.45) is 0 Å². The third-order valence-electron chi connectivity index (χ3n) is 5.07. The second kappa shape index (κ2) is 9.27. The fraction of sp³-hybridized carbons (Fsp3) is 0.200. The molecule has 4 rings (SSSR count). The standard InChI is InChI=1S/C25H25N3O2/c1-29-20-14-13-19(23(16-20)30-2)17-26-25-21-10-6-7-11-22(21)27-24(28-25)15-12-18-8-4-3-5-9-18/h3-11,13-14,16H,12,15,17H2,1-2H3,(H,26,27,28). The summed E-state index contributed by atoms with van der Waals surface area (Å²) in [5, 5.41) is 4.49. The third-order valence-corrected chi connectivity index (χ3v) is 5.07. The summed E-state index contributed by atoms with van der Waals surface area (Å²) in [6.07, 6.45) is 1.69. The molecule has 1 aromatic heterocycles. The van der Waals surface area contributed by atoms with Crippen LogP contribution >= 0.6 is 0 Å². The van der Waals surface area contributed by atoms with Gasteiger partial charge in [0.25, 0.3) is 0 Å². The smallest absolute Gasteiger partial charge is 0.137 e. The molecule has 0 bridgehead atoms. The number of aryl methyl sites for hydroxylation is 2. The van der Waals surface area contributed by atoms with Gasteiger partial charge >= 0.3 is 0 Å². The first kappa shape index (κ1) is 19.7. The summed E-state index contributed by atoms with van der Waals surface area (Å²) in [6.45, 7) is 0.590. The van der Waals surface area contributed by atoms with Crippen molar-refractivity contribution in [3.05, 3.63) is 89.7 Å². The van der Waals surface area contributed by atoms with Gasteiger partial charge in [-0.1, -0.05) is 42.5 Å². The van der Waals surface area contributed by atoms with E-state index in [1.165, 1.54) is 5.56 Å². The van der Waals surface area contributed by atoms with Crippen LogP contribution in [0.2, 0.25) is 0 Å². The highest BCUT2D eigenvalue weighted by atomic mass is 16.5. The Balaban J connectivity index is 1.58. The van der Waals surface area contributed by atoms with Crippen molar-refractivity contribution in [2.45, 2.75) is 19.4 Å². The highest BCUT2D eigenvalue weighted by Gasteiger charge is 2.10. The van der Waals surface area contributed by atoms with Crippen LogP contribution in [0.4, 0.5) is 5.82 Å². The molecule has 0 spiro atoms. The molecule has 0 aliphatic rings. The first-order chi connectivity index (χ1) is 14.8. The monoisotopic (exact) mass is 399 g/mol. The van der Waals surface area contributed by atoms with Crippen LogP contribution in [-0.4, -0.2) is 24.2 Å². The van der Waals surface area contributed by atoms with E-state index in [-0.39, 0.29) is 0 Å². The number of ether oxygens (including phenoxy) is 2. The Bertz CT molecular complexity index is 1130. The Morgan fingerprint density at radius 2 is 1.60 bits per heavy atom. The van der Waals surface area contributed by atoms with Gasteiger partial charge in [0.1, 0.15) is 23.1 Å². The number of nitrogens with one attached hydrogen (secondary N) is 1. The van der Waals surface area contributed by atoms with Gasteiger partial charge < -0.3 is 14.8 Å². The van der Waals surface area contributed by atoms with E-state index >= 15 is 0 Å². The van der Waals surface area contributed by atoms with E-state index in [1.807, 2.05) is 48.5 Å². The average molecular weight is 399 g/mol.